The number of rotatable bonds is 14. The topological polar surface area (TPSA) is 95.7 Å². The third kappa shape index (κ3) is 7.82. The number of carbonyl (C=O) groups is 2. The smallest absolute Gasteiger partial charge is 0.249 e. The van der Waals surface area contributed by atoms with Gasteiger partial charge >= 0.3 is 0 Å². The molecule has 0 spiro atoms. The molecule has 9 heteroatoms. The number of benzene rings is 2. The standard InChI is InChI=1S/C31H38F3N3O3/c1-3-10-37(11-4-2)29(39)23-15-26(34)18-31(17-23,30(35)40)27(14-22-12-24(32)16-25(33)13-22)28(38)20-36-19-21-8-6-5-7-9-21/h5-9,12-13,15-16,18,27-28,36,38H,3-4,10-11,14,17,19-20H2,1-2H3,(H2,35,40)/t27-,28+,31?/m1/s1. The van der Waals surface area contributed by atoms with E-state index >= 15 is 4.39 Å². The van der Waals surface area contributed by atoms with E-state index in [2.05, 4.69) is 5.32 Å². The van der Waals surface area contributed by atoms with Crippen molar-refractivity contribution in [2.45, 2.75) is 52.2 Å². The number of nitrogens with two attached hydrogens (primary N) is 1. The maximum absolute atomic E-state index is 15.2. The molecule has 0 aliphatic heterocycles. The van der Waals surface area contributed by atoms with E-state index < -0.39 is 46.7 Å². The second-order valence-electron chi connectivity index (χ2n) is 10.3. The lowest BCUT2D eigenvalue weighted by Gasteiger charge is -2.41. The zero-order valence-corrected chi connectivity index (χ0v) is 23.0. The summed E-state index contributed by atoms with van der Waals surface area (Å²) in [4.78, 5) is 28.2. The summed E-state index contributed by atoms with van der Waals surface area (Å²) in [7, 11) is 0. The zero-order chi connectivity index (χ0) is 29.3. The quantitative estimate of drug-likeness (QED) is 0.317. The van der Waals surface area contributed by atoms with Crippen LogP contribution in [0.1, 0.15) is 44.2 Å². The van der Waals surface area contributed by atoms with Crippen LogP contribution in [0.5, 0.6) is 0 Å². The van der Waals surface area contributed by atoms with Gasteiger partial charge in [-0.3, -0.25) is 9.59 Å². The van der Waals surface area contributed by atoms with Gasteiger partial charge in [0.25, 0.3) is 0 Å². The number of primary amides is 1. The number of hydrogen-bond donors (Lipinski definition) is 3. The van der Waals surface area contributed by atoms with Crippen LogP contribution in [0.4, 0.5) is 13.2 Å². The minimum atomic E-state index is -1.83. The molecule has 3 atom stereocenters. The van der Waals surface area contributed by atoms with Crippen molar-refractivity contribution in [3.63, 3.8) is 0 Å². The maximum atomic E-state index is 15.2. The van der Waals surface area contributed by atoms with E-state index in [0.29, 0.717) is 32.5 Å². The predicted octanol–water partition coefficient (Wildman–Crippen LogP) is 4.58. The number of nitrogens with zero attached hydrogens (tertiary/aromatic N) is 1. The molecule has 216 valence electrons. The Balaban J connectivity index is 1.99. The number of amides is 2. The van der Waals surface area contributed by atoms with E-state index in [4.69, 9.17) is 5.73 Å². The highest BCUT2D eigenvalue weighted by Crippen LogP contribution is 2.44. The molecule has 1 aliphatic carbocycles. The maximum Gasteiger partial charge on any atom is 0.249 e. The molecule has 1 unspecified atom stereocenters. The Kier molecular flexibility index (Phi) is 11.1. The van der Waals surface area contributed by atoms with Crippen LogP contribution in [0, 0.1) is 23.0 Å². The van der Waals surface area contributed by atoms with Crippen molar-refractivity contribution in [3.05, 3.63) is 94.8 Å². The van der Waals surface area contributed by atoms with Gasteiger partial charge in [0.1, 0.15) is 17.5 Å². The van der Waals surface area contributed by atoms with Crippen LogP contribution in [-0.4, -0.2) is 47.6 Å². The van der Waals surface area contributed by atoms with Gasteiger partial charge < -0.3 is 21.1 Å². The minimum Gasteiger partial charge on any atom is -0.391 e. The molecule has 0 radical (unpaired) electrons. The number of allylic oxidation sites excluding steroid dienone is 2. The minimum absolute atomic E-state index is 0.0212. The van der Waals surface area contributed by atoms with Gasteiger partial charge in [0.15, 0.2) is 0 Å². The van der Waals surface area contributed by atoms with Crippen LogP contribution in [0.25, 0.3) is 0 Å². The fraction of sp³-hybridized carbons (Fsp3) is 0.419. The average Bonchev–Trinajstić information content (AvgIpc) is 2.90. The molecule has 0 fully saturated rings. The third-order valence-corrected chi connectivity index (χ3v) is 7.23. The summed E-state index contributed by atoms with van der Waals surface area (Å²) in [5, 5.41) is 14.5. The second kappa shape index (κ2) is 14.3. The lowest BCUT2D eigenvalue weighted by molar-refractivity contribution is -0.132. The van der Waals surface area contributed by atoms with Gasteiger partial charge in [0.2, 0.25) is 11.8 Å². The Morgan fingerprint density at radius 2 is 1.65 bits per heavy atom. The molecular formula is C31H38F3N3O3. The van der Waals surface area contributed by atoms with Crippen LogP contribution in [0.3, 0.4) is 0 Å². The first-order chi connectivity index (χ1) is 19.1. The van der Waals surface area contributed by atoms with Crippen LogP contribution < -0.4 is 11.1 Å². The van der Waals surface area contributed by atoms with Crippen molar-refractivity contribution >= 4 is 11.8 Å². The van der Waals surface area contributed by atoms with Gasteiger partial charge in [-0.25, -0.2) is 13.2 Å². The van der Waals surface area contributed by atoms with Crippen molar-refractivity contribution < 1.29 is 27.9 Å². The van der Waals surface area contributed by atoms with E-state index in [-0.39, 0.29) is 30.5 Å². The van der Waals surface area contributed by atoms with Crippen LogP contribution in [0.2, 0.25) is 0 Å². The summed E-state index contributed by atoms with van der Waals surface area (Å²) in [6, 6.07) is 12.3. The molecule has 2 aromatic rings. The summed E-state index contributed by atoms with van der Waals surface area (Å²) in [5.41, 5.74) is 5.26. The lowest BCUT2D eigenvalue weighted by Crippen LogP contribution is -2.51. The zero-order valence-electron chi connectivity index (χ0n) is 23.0. The van der Waals surface area contributed by atoms with Gasteiger partial charge in [-0.15, -0.1) is 0 Å². The molecule has 0 heterocycles. The van der Waals surface area contributed by atoms with Gasteiger partial charge in [-0.1, -0.05) is 44.2 Å². The van der Waals surface area contributed by atoms with E-state index in [0.717, 1.165) is 35.9 Å². The Hall–Kier alpha value is -3.43. The SMILES string of the molecule is CCCN(CCC)C(=O)C1=CC(F)=CC(C(N)=O)([C@H](Cc2cc(F)cc(F)c2)[C@@H](O)CNCc2ccccc2)C1. The first-order valence-electron chi connectivity index (χ1n) is 13.6. The average molecular weight is 558 g/mol. The Bertz CT molecular complexity index is 1210. The largest absolute Gasteiger partial charge is 0.391 e. The predicted molar refractivity (Wildman–Crippen MR) is 148 cm³/mol. The van der Waals surface area contributed by atoms with Crippen LogP contribution in [0.15, 0.2) is 72.1 Å². The molecule has 6 nitrogen and oxygen atoms in total. The molecular weight excluding hydrogens is 519 g/mol. The first-order valence-corrected chi connectivity index (χ1v) is 13.6. The van der Waals surface area contributed by atoms with Crippen molar-refractivity contribution in [3.8, 4) is 0 Å². The van der Waals surface area contributed by atoms with E-state index in [1.54, 1.807) is 4.90 Å². The summed E-state index contributed by atoms with van der Waals surface area (Å²) >= 11 is 0. The Labute approximate surface area is 233 Å². The summed E-state index contributed by atoms with van der Waals surface area (Å²) < 4.78 is 43.4. The highest BCUT2D eigenvalue weighted by molar-refractivity contribution is 5.96. The van der Waals surface area contributed by atoms with Crippen molar-refractivity contribution in [2.75, 3.05) is 19.6 Å². The highest BCUT2D eigenvalue weighted by Gasteiger charge is 2.49. The monoisotopic (exact) mass is 557 g/mol. The van der Waals surface area contributed by atoms with Crippen molar-refractivity contribution in [2.24, 2.45) is 17.1 Å². The van der Waals surface area contributed by atoms with E-state index in [9.17, 15) is 23.5 Å². The molecule has 2 aromatic carbocycles. The molecule has 2 amide bonds. The number of nitrogens with one attached hydrogen (secondary N) is 1. The molecule has 0 bridgehead atoms. The molecule has 1 aliphatic rings. The second-order valence-corrected chi connectivity index (χ2v) is 10.3. The van der Waals surface area contributed by atoms with Crippen LogP contribution in [-0.2, 0) is 22.6 Å². The molecule has 4 N–H and O–H groups in total. The number of halogens is 3. The van der Waals surface area contributed by atoms with E-state index in [1.807, 2.05) is 44.2 Å². The third-order valence-electron chi connectivity index (χ3n) is 7.23. The van der Waals surface area contributed by atoms with Crippen molar-refractivity contribution in [1.82, 2.24) is 10.2 Å². The Morgan fingerprint density at radius 1 is 1.02 bits per heavy atom. The van der Waals surface area contributed by atoms with Gasteiger partial charge in [-0.05, 0) is 61.1 Å². The Morgan fingerprint density at radius 3 is 2.23 bits per heavy atom. The highest BCUT2D eigenvalue weighted by atomic mass is 19.1. The summed E-state index contributed by atoms with van der Waals surface area (Å²) in [5.74, 6) is -4.94. The molecule has 0 saturated carbocycles. The lowest BCUT2D eigenvalue weighted by atomic mass is 9.64. The number of aliphatic hydroxyl groups is 1. The van der Waals surface area contributed by atoms with Gasteiger partial charge in [0, 0.05) is 43.7 Å². The molecule has 3 rings (SSSR count). The number of carbonyl (C=O) groups excluding carboxylic acids is 2. The number of aliphatic hydroxyl groups excluding tert-OH is 1. The summed E-state index contributed by atoms with van der Waals surface area (Å²) in [6.07, 6.45) is 1.79. The molecule has 40 heavy (non-hydrogen) atoms. The fourth-order valence-electron chi connectivity index (χ4n) is 5.39. The fourth-order valence-corrected chi connectivity index (χ4v) is 5.39. The van der Waals surface area contributed by atoms with Gasteiger partial charge in [-0.2, -0.15) is 0 Å². The number of hydrogen-bond acceptors (Lipinski definition) is 4. The molecule has 0 aromatic heterocycles. The first kappa shape index (κ1) is 31.1. The normalized spacial score (nSPS) is 18.4. The molecule has 0 saturated heterocycles. The van der Waals surface area contributed by atoms with Crippen LogP contribution >= 0.6 is 0 Å². The van der Waals surface area contributed by atoms with Gasteiger partial charge in [0.05, 0.1) is 11.5 Å². The van der Waals surface area contributed by atoms with Crippen molar-refractivity contribution in [1.29, 1.82) is 0 Å². The summed E-state index contributed by atoms with van der Waals surface area (Å²) in [6.45, 7) is 5.14. The van der Waals surface area contributed by atoms with E-state index in [1.165, 1.54) is 0 Å².